The molecule has 1 heterocycles. The third-order valence-corrected chi connectivity index (χ3v) is 2.41. The van der Waals surface area contributed by atoms with Crippen LogP contribution in [0.2, 0.25) is 0 Å². The summed E-state index contributed by atoms with van der Waals surface area (Å²) in [7, 11) is 0. The van der Waals surface area contributed by atoms with Gasteiger partial charge in [0.1, 0.15) is 5.82 Å². The summed E-state index contributed by atoms with van der Waals surface area (Å²) in [6, 6.07) is 2.00. The SMILES string of the molecule is CCCCC(C)NCc1cncc(F)c1. The zero-order valence-electron chi connectivity index (χ0n) is 9.46. The molecule has 2 nitrogen and oxygen atoms in total. The van der Waals surface area contributed by atoms with Gasteiger partial charge in [-0.1, -0.05) is 19.8 Å². The van der Waals surface area contributed by atoms with Crippen molar-refractivity contribution in [3.8, 4) is 0 Å². The second kappa shape index (κ2) is 6.51. The maximum Gasteiger partial charge on any atom is 0.141 e. The van der Waals surface area contributed by atoms with Gasteiger partial charge in [0, 0.05) is 18.8 Å². The average Bonchev–Trinajstić information content (AvgIpc) is 2.23. The standard InChI is InChI=1S/C12H19FN2/c1-3-4-5-10(2)15-8-11-6-12(13)9-14-7-11/h6-7,9-10,15H,3-5,8H2,1-2H3. The lowest BCUT2D eigenvalue weighted by Crippen LogP contribution is -2.25. The summed E-state index contributed by atoms with van der Waals surface area (Å²) < 4.78 is 12.8. The molecule has 1 aromatic rings. The monoisotopic (exact) mass is 210 g/mol. The minimum absolute atomic E-state index is 0.268. The Morgan fingerprint density at radius 2 is 2.27 bits per heavy atom. The minimum Gasteiger partial charge on any atom is -0.310 e. The number of unbranched alkanes of at least 4 members (excludes halogenated alkanes) is 1. The zero-order valence-corrected chi connectivity index (χ0v) is 9.46. The first-order chi connectivity index (χ1) is 7.22. The molecule has 0 bridgehead atoms. The van der Waals surface area contributed by atoms with Crippen molar-refractivity contribution in [3.05, 3.63) is 29.8 Å². The highest BCUT2D eigenvalue weighted by atomic mass is 19.1. The van der Waals surface area contributed by atoms with E-state index < -0.39 is 0 Å². The number of rotatable bonds is 6. The van der Waals surface area contributed by atoms with Crippen LogP contribution in [0.1, 0.15) is 38.7 Å². The molecule has 0 spiro atoms. The van der Waals surface area contributed by atoms with E-state index in [4.69, 9.17) is 0 Å². The van der Waals surface area contributed by atoms with Crippen LogP contribution in [-0.2, 0) is 6.54 Å². The van der Waals surface area contributed by atoms with Gasteiger partial charge in [-0.2, -0.15) is 0 Å². The minimum atomic E-state index is -0.268. The first-order valence-electron chi connectivity index (χ1n) is 5.55. The molecule has 0 saturated carbocycles. The summed E-state index contributed by atoms with van der Waals surface area (Å²) in [5.41, 5.74) is 0.901. The van der Waals surface area contributed by atoms with Crippen LogP contribution in [0.4, 0.5) is 4.39 Å². The summed E-state index contributed by atoms with van der Waals surface area (Å²) in [6.45, 7) is 5.03. The van der Waals surface area contributed by atoms with Crippen molar-refractivity contribution in [2.45, 2.75) is 45.7 Å². The quantitative estimate of drug-likeness (QED) is 0.781. The van der Waals surface area contributed by atoms with E-state index >= 15 is 0 Å². The smallest absolute Gasteiger partial charge is 0.141 e. The van der Waals surface area contributed by atoms with E-state index in [9.17, 15) is 4.39 Å². The van der Waals surface area contributed by atoms with Gasteiger partial charge in [-0.15, -0.1) is 0 Å². The molecular weight excluding hydrogens is 191 g/mol. The average molecular weight is 210 g/mol. The molecule has 1 atom stereocenters. The zero-order chi connectivity index (χ0) is 11.1. The van der Waals surface area contributed by atoms with E-state index in [1.54, 1.807) is 6.20 Å². The Hall–Kier alpha value is -0.960. The Kier molecular flexibility index (Phi) is 5.26. The fourth-order valence-electron chi connectivity index (χ4n) is 1.46. The Balaban J connectivity index is 2.30. The maximum atomic E-state index is 12.8. The third-order valence-electron chi connectivity index (χ3n) is 2.41. The molecule has 84 valence electrons. The molecule has 0 aromatic carbocycles. The van der Waals surface area contributed by atoms with Crippen LogP contribution in [0.3, 0.4) is 0 Å². The van der Waals surface area contributed by atoms with Gasteiger partial charge in [-0.25, -0.2) is 4.39 Å². The van der Waals surface area contributed by atoms with Gasteiger partial charge in [-0.3, -0.25) is 4.98 Å². The fourth-order valence-corrected chi connectivity index (χ4v) is 1.46. The molecule has 1 rings (SSSR count). The van der Waals surface area contributed by atoms with Crippen molar-refractivity contribution in [2.24, 2.45) is 0 Å². The van der Waals surface area contributed by atoms with Crippen molar-refractivity contribution in [3.63, 3.8) is 0 Å². The number of halogens is 1. The van der Waals surface area contributed by atoms with Crippen LogP contribution in [0.5, 0.6) is 0 Å². The highest BCUT2D eigenvalue weighted by molar-refractivity contribution is 5.09. The first kappa shape index (κ1) is 12.1. The summed E-state index contributed by atoms with van der Waals surface area (Å²) in [4.78, 5) is 3.81. The topological polar surface area (TPSA) is 24.9 Å². The van der Waals surface area contributed by atoms with Crippen molar-refractivity contribution in [2.75, 3.05) is 0 Å². The predicted molar refractivity (Wildman–Crippen MR) is 60.0 cm³/mol. The molecular formula is C12H19FN2. The van der Waals surface area contributed by atoms with Crippen LogP contribution < -0.4 is 5.32 Å². The molecule has 0 aliphatic heterocycles. The Labute approximate surface area is 90.9 Å². The van der Waals surface area contributed by atoms with Gasteiger partial charge in [-0.05, 0) is 25.0 Å². The normalized spacial score (nSPS) is 12.7. The van der Waals surface area contributed by atoms with Crippen LogP contribution in [0, 0.1) is 5.82 Å². The Morgan fingerprint density at radius 1 is 1.47 bits per heavy atom. The highest BCUT2D eigenvalue weighted by Gasteiger charge is 2.01. The summed E-state index contributed by atoms with van der Waals surface area (Å²) in [5.74, 6) is -0.268. The second-order valence-electron chi connectivity index (χ2n) is 3.94. The van der Waals surface area contributed by atoms with Crippen molar-refractivity contribution in [1.82, 2.24) is 10.3 Å². The third kappa shape index (κ3) is 4.88. The van der Waals surface area contributed by atoms with Crippen LogP contribution >= 0.6 is 0 Å². The molecule has 0 saturated heterocycles. The summed E-state index contributed by atoms with van der Waals surface area (Å²) >= 11 is 0. The molecule has 3 heteroatoms. The number of nitrogens with zero attached hydrogens (tertiary/aromatic N) is 1. The van der Waals surface area contributed by atoms with Crippen LogP contribution in [0.15, 0.2) is 18.5 Å². The van der Waals surface area contributed by atoms with Crippen molar-refractivity contribution in [1.29, 1.82) is 0 Å². The molecule has 1 N–H and O–H groups in total. The van der Waals surface area contributed by atoms with Gasteiger partial charge in [0.15, 0.2) is 0 Å². The molecule has 0 aliphatic carbocycles. The highest BCUT2D eigenvalue weighted by Crippen LogP contribution is 2.03. The fraction of sp³-hybridized carbons (Fsp3) is 0.583. The lowest BCUT2D eigenvalue weighted by atomic mass is 10.1. The number of nitrogens with one attached hydrogen (secondary N) is 1. The van der Waals surface area contributed by atoms with Gasteiger partial charge >= 0.3 is 0 Å². The van der Waals surface area contributed by atoms with Gasteiger partial charge in [0.2, 0.25) is 0 Å². The van der Waals surface area contributed by atoms with Crippen LogP contribution in [0.25, 0.3) is 0 Å². The van der Waals surface area contributed by atoms with E-state index in [2.05, 4.69) is 24.1 Å². The van der Waals surface area contributed by atoms with Gasteiger partial charge < -0.3 is 5.32 Å². The molecule has 0 amide bonds. The maximum absolute atomic E-state index is 12.8. The number of hydrogen-bond acceptors (Lipinski definition) is 2. The van der Waals surface area contributed by atoms with E-state index in [-0.39, 0.29) is 5.82 Å². The first-order valence-corrected chi connectivity index (χ1v) is 5.55. The molecule has 1 unspecified atom stereocenters. The van der Waals surface area contributed by atoms with Gasteiger partial charge in [0.25, 0.3) is 0 Å². The lowest BCUT2D eigenvalue weighted by molar-refractivity contribution is 0.493. The van der Waals surface area contributed by atoms with Crippen molar-refractivity contribution < 1.29 is 4.39 Å². The van der Waals surface area contributed by atoms with E-state index in [0.717, 1.165) is 5.56 Å². The Bertz CT molecular complexity index is 289. The largest absolute Gasteiger partial charge is 0.310 e. The van der Waals surface area contributed by atoms with Crippen LogP contribution in [-0.4, -0.2) is 11.0 Å². The van der Waals surface area contributed by atoms with E-state index in [1.165, 1.54) is 31.5 Å². The summed E-state index contributed by atoms with van der Waals surface area (Å²) in [6.07, 6.45) is 6.54. The molecule has 0 radical (unpaired) electrons. The Morgan fingerprint density at radius 3 is 2.93 bits per heavy atom. The van der Waals surface area contributed by atoms with Crippen molar-refractivity contribution >= 4 is 0 Å². The molecule has 0 fully saturated rings. The van der Waals surface area contributed by atoms with E-state index in [0.29, 0.717) is 12.6 Å². The number of pyridine rings is 1. The molecule has 15 heavy (non-hydrogen) atoms. The van der Waals surface area contributed by atoms with Gasteiger partial charge in [0.05, 0.1) is 6.20 Å². The number of hydrogen-bond donors (Lipinski definition) is 1. The second-order valence-corrected chi connectivity index (χ2v) is 3.94. The predicted octanol–water partition coefficient (Wildman–Crippen LogP) is 2.89. The summed E-state index contributed by atoms with van der Waals surface area (Å²) in [5, 5.41) is 3.35. The lowest BCUT2D eigenvalue weighted by Gasteiger charge is -2.12. The number of aromatic nitrogens is 1. The molecule has 1 aromatic heterocycles. The molecule has 0 aliphatic rings. The van der Waals surface area contributed by atoms with E-state index in [1.807, 2.05) is 0 Å².